The minimum atomic E-state index is -0.841. The number of amides is 2. The number of ether oxygens (including phenoxy) is 1. The van der Waals surface area contributed by atoms with Gasteiger partial charge in [-0.1, -0.05) is 43.2 Å². The number of hydrogen-bond acceptors (Lipinski definition) is 5. The van der Waals surface area contributed by atoms with Crippen LogP contribution in [0.5, 0.6) is 0 Å². The molecule has 2 heterocycles. The molecule has 1 saturated carbocycles. The Morgan fingerprint density at radius 1 is 1.06 bits per heavy atom. The van der Waals surface area contributed by atoms with Crippen molar-refractivity contribution in [2.24, 2.45) is 11.7 Å². The van der Waals surface area contributed by atoms with Crippen LogP contribution in [-0.4, -0.2) is 67.2 Å². The number of nitrogens with zero attached hydrogens (tertiary/aromatic N) is 1. The van der Waals surface area contributed by atoms with E-state index < -0.39 is 11.6 Å². The van der Waals surface area contributed by atoms with Crippen molar-refractivity contribution >= 4 is 11.8 Å². The van der Waals surface area contributed by atoms with E-state index >= 15 is 0 Å². The summed E-state index contributed by atoms with van der Waals surface area (Å²) in [5.41, 5.74) is 6.54. The van der Waals surface area contributed by atoms with Crippen LogP contribution < -0.4 is 16.4 Å². The molecular formula is C26H40N4O3. The van der Waals surface area contributed by atoms with Gasteiger partial charge >= 0.3 is 0 Å². The highest BCUT2D eigenvalue weighted by Gasteiger charge is 2.39. The van der Waals surface area contributed by atoms with Crippen LogP contribution in [0, 0.1) is 5.92 Å². The zero-order chi connectivity index (χ0) is 23.1. The molecule has 2 saturated heterocycles. The topological polar surface area (TPSA) is 96.7 Å². The third kappa shape index (κ3) is 6.55. The number of piperidine rings is 1. The van der Waals surface area contributed by atoms with Gasteiger partial charge in [-0.2, -0.15) is 0 Å². The first-order chi connectivity index (χ1) is 16.0. The average molecular weight is 457 g/mol. The lowest BCUT2D eigenvalue weighted by atomic mass is 9.93. The number of carbonyl (C=O) groups is 2. The predicted octanol–water partition coefficient (Wildman–Crippen LogP) is 1.99. The van der Waals surface area contributed by atoms with E-state index in [1.807, 2.05) is 30.3 Å². The van der Waals surface area contributed by atoms with Gasteiger partial charge < -0.3 is 26.0 Å². The van der Waals surface area contributed by atoms with Crippen molar-refractivity contribution in [2.75, 3.05) is 32.8 Å². The molecule has 4 rings (SSSR count). The van der Waals surface area contributed by atoms with E-state index in [1.54, 1.807) is 0 Å². The zero-order valence-corrected chi connectivity index (χ0v) is 19.8. The second-order valence-electron chi connectivity index (χ2n) is 10.1. The minimum Gasteiger partial charge on any atom is -0.381 e. The average Bonchev–Trinajstić information content (AvgIpc) is 3.31. The van der Waals surface area contributed by atoms with Gasteiger partial charge in [-0.25, -0.2) is 0 Å². The first-order valence-corrected chi connectivity index (χ1v) is 12.8. The fraction of sp³-hybridized carbons (Fsp3) is 0.692. The van der Waals surface area contributed by atoms with Crippen LogP contribution in [0.15, 0.2) is 30.3 Å². The lowest BCUT2D eigenvalue weighted by molar-refractivity contribution is -0.132. The number of benzene rings is 1. The van der Waals surface area contributed by atoms with Crippen LogP contribution in [0.25, 0.3) is 0 Å². The molecular weight excluding hydrogens is 416 g/mol. The van der Waals surface area contributed by atoms with E-state index in [2.05, 4.69) is 15.5 Å². The van der Waals surface area contributed by atoms with E-state index in [1.165, 1.54) is 0 Å². The van der Waals surface area contributed by atoms with Gasteiger partial charge in [-0.3, -0.25) is 9.59 Å². The van der Waals surface area contributed by atoms with Crippen LogP contribution >= 0.6 is 0 Å². The fourth-order valence-corrected chi connectivity index (χ4v) is 5.53. The van der Waals surface area contributed by atoms with Crippen molar-refractivity contribution in [2.45, 2.75) is 75.4 Å². The fourth-order valence-electron chi connectivity index (χ4n) is 5.53. The van der Waals surface area contributed by atoms with Gasteiger partial charge in [0.15, 0.2) is 0 Å². The molecule has 2 amide bonds. The maximum Gasteiger partial charge on any atom is 0.242 e. The molecule has 0 bridgehead atoms. The highest BCUT2D eigenvalue weighted by Crippen LogP contribution is 2.27. The van der Waals surface area contributed by atoms with E-state index in [4.69, 9.17) is 10.5 Å². The molecule has 0 aromatic heterocycles. The van der Waals surface area contributed by atoms with Crippen molar-refractivity contribution in [1.82, 2.24) is 15.5 Å². The SMILES string of the molecule is NC1(C(=O)N[C@H](Cc2ccccc2)C(=O)NCC2CCN(C3CCOCC3)CC2)CCCC1. The summed E-state index contributed by atoms with van der Waals surface area (Å²) >= 11 is 0. The summed E-state index contributed by atoms with van der Waals surface area (Å²) in [6.45, 7) is 4.59. The Kier molecular flexibility index (Phi) is 8.39. The van der Waals surface area contributed by atoms with Gasteiger partial charge in [0.1, 0.15) is 6.04 Å². The third-order valence-corrected chi connectivity index (χ3v) is 7.77. The molecule has 1 atom stereocenters. The Morgan fingerprint density at radius 2 is 1.73 bits per heavy atom. The molecule has 7 heteroatoms. The Bertz CT molecular complexity index is 767. The van der Waals surface area contributed by atoms with Gasteiger partial charge in [0.25, 0.3) is 0 Å². The second-order valence-corrected chi connectivity index (χ2v) is 10.1. The third-order valence-electron chi connectivity index (χ3n) is 7.77. The summed E-state index contributed by atoms with van der Waals surface area (Å²) < 4.78 is 5.50. The Hall–Kier alpha value is -1.96. The predicted molar refractivity (Wildman–Crippen MR) is 129 cm³/mol. The van der Waals surface area contributed by atoms with Gasteiger partial charge in [0.2, 0.25) is 11.8 Å². The van der Waals surface area contributed by atoms with Crippen molar-refractivity contribution < 1.29 is 14.3 Å². The number of carbonyl (C=O) groups excluding carboxylic acids is 2. The lowest BCUT2D eigenvalue weighted by Gasteiger charge is -2.39. The molecule has 7 nitrogen and oxygen atoms in total. The van der Waals surface area contributed by atoms with E-state index in [9.17, 15) is 9.59 Å². The normalized spacial score (nSPS) is 23.2. The summed E-state index contributed by atoms with van der Waals surface area (Å²) in [4.78, 5) is 28.7. The highest BCUT2D eigenvalue weighted by atomic mass is 16.5. The van der Waals surface area contributed by atoms with Crippen molar-refractivity contribution in [3.8, 4) is 0 Å². The van der Waals surface area contributed by atoms with E-state index in [0.717, 1.165) is 70.4 Å². The maximum absolute atomic E-state index is 13.2. The van der Waals surface area contributed by atoms with Crippen molar-refractivity contribution in [3.05, 3.63) is 35.9 Å². The first-order valence-electron chi connectivity index (χ1n) is 12.8. The molecule has 1 aromatic carbocycles. The first kappa shape index (κ1) is 24.2. The van der Waals surface area contributed by atoms with Gasteiger partial charge in [-0.05, 0) is 63.1 Å². The number of hydrogen-bond donors (Lipinski definition) is 3. The van der Waals surface area contributed by atoms with Crippen LogP contribution in [0.1, 0.15) is 56.9 Å². The zero-order valence-electron chi connectivity index (χ0n) is 19.8. The summed E-state index contributed by atoms with van der Waals surface area (Å²) in [5, 5.41) is 6.13. The smallest absolute Gasteiger partial charge is 0.242 e. The molecule has 1 aromatic rings. The Balaban J connectivity index is 1.29. The van der Waals surface area contributed by atoms with E-state index in [-0.39, 0.29) is 11.8 Å². The van der Waals surface area contributed by atoms with Gasteiger partial charge in [0, 0.05) is 32.2 Å². The summed E-state index contributed by atoms with van der Waals surface area (Å²) in [6, 6.07) is 9.90. The standard InChI is InChI=1S/C26H40N4O3/c27-26(12-4-5-13-26)25(32)29-23(18-20-6-2-1-3-7-20)24(31)28-19-21-8-14-30(15-9-21)22-10-16-33-17-11-22/h1-3,6-7,21-23H,4-5,8-19,27H2,(H,28,31)(H,29,32)/t23-/m1/s1. The van der Waals surface area contributed by atoms with Crippen LogP contribution in [-0.2, 0) is 20.7 Å². The monoisotopic (exact) mass is 456 g/mol. The molecule has 182 valence electrons. The van der Waals surface area contributed by atoms with Crippen LogP contribution in [0.2, 0.25) is 0 Å². The Morgan fingerprint density at radius 3 is 2.39 bits per heavy atom. The summed E-state index contributed by atoms with van der Waals surface area (Å²) in [5.74, 6) is 0.176. The molecule has 2 aliphatic heterocycles. The van der Waals surface area contributed by atoms with Crippen LogP contribution in [0.4, 0.5) is 0 Å². The minimum absolute atomic E-state index is 0.111. The highest BCUT2D eigenvalue weighted by molar-refractivity contribution is 5.92. The van der Waals surface area contributed by atoms with Gasteiger partial charge in [-0.15, -0.1) is 0 Å². The maximum atomic E-state index is 13.2. The molecule has 0 radical (unpaired) electrons. The number of rotatable bonds is 8. The van der Waals surface area contributed by atoms with Gasteiger partial charge in [0.05, 0.1) is 5.54 Å². The number of likely N-dealkylation sites (tertiary alicyclic amines) is 1. The molecule has 3 aliphatic rings. The number of nitrogens with one attached hydrogen (secondary N) is 2. The number of nitrogens with two attached hydrogens (primary N) is 1. The molecule has 1 aliphatic carbocycles. The molecule has 4 N–H and O–H groups in total. The second kappa shape index (κ2) is 11.4. The molecule has 0 spiro atoms. The summed E-state index contributed by atoms with van der Waals surface area (Å²) in [7, 11) is 0. The lowest BCUT2D eigenvalue weighted by Crippen LogP contribution is -2.58. The molecule has 33 heavy (non-hydrogen) atoms. The quantitative estimate of drug-likeness (QED) is 0.556. The Labute approximate surface area is 197 Å². The molecule has 0 unspecified atom stereocenters. The van der Waals surface area contributed by atoms with E-state index in [0.29, 0.717) is 37.8 Å². The van der Waals surface area contributed by atoms with Crippen molar-refractivity contribution in [1.29, 1.82) is 0 Å². The summed E-state index contributed by atoms with van der Waals surface area (Å²) in [6.07, 6.45) is 8.22. The van der Waals surface area contributed by atoms with Crippen LogP contribution in [0.3, 0.4) is 0 Å². The molecule has 3 fully saturated rings. The van der Waals surface area contributed by atoms with Crippen molar-refractivity contribution in [3.63, 3.8) is 0 Å². The largest absolute Gasteiger partial charge is 0.381 e.